The minimum atomic E-state index is -0.952. The number of nitrogens with zero attached hydrogens (tertiary/aromatic N) is 2. The molecule has 0 saturated heterocycles. The number of hydrogen-bond donors (Lipinski definition) is 2. The number of amides is 1. The first kappa shape index (κ1) is 14.5. The molecule has 2 N–H and O–H groups in total. The standard InChI is InChI=1S/C12H14ClN3O4/c1-20-9-5-8(13)14-12(15-9)16-10(17)6-3-2-4-7(6)11(18)19/h5-7H,2-4H2,1H3,(H,18,19)(H,14,15,16,17)/t6-,7+/m1/s1. The summed E-state index contributed by atoms with van der Waals surface area (Å²) in [6.07, 6.45) is 1.77. The van der Waals surface area contributed by atoms with Crippen molar-refractivity contribution >= 4 is 29.4 Å². The molecule has 0 aliphatic heterocycles. The fourth-order valence-corrected chi connectivity index (χ4v) is 2.50. The maximum Gasteiger partial charge on any atom is 0.307 e. The topological polar surface area (TPSA) is 101 Å². The number of aromatic nitrogens is 2. The van der Waals surface area contributed by atoms with E-state index in [9.17, 15) is 9.59 Å². The number of ether oxygens (including phenoxy) is 1. The number of methoxy groups -OCH3 is 1. The Morgan fingerprint density at radius 1 is 1.40 bits per heavy atom. The molecule has 7 nitrogen and oxygen atoms in total. The molecule has 1 saturated carbocycles. The summed E-state index contributed by atoms with van der Waals surface area (Å²) in [7, 11) is 1.42. The van der Waals surface area contributed by atoms with E-state index in [4.69, 9.17) is 21.4 Å². The second kappa shape index (κ2) is 6.04. The molecule has 108 valence electrons. The van der Waals surface area contributed by atoms with Gasteiger partial charge in [0.2, 0.25) is 17.7 Å². The van der Waals surface area contributed by atoms with Crippen LogP contribution in [-0.4, -0.2) is 34.1 Å². The van der Waals surface area contributed by atoms with Gasteiger partial charge in [-0.3, -0.25) is 14.9 Å². The van der Waals surface area contributed by atoms with E-state index < -0.39 is 23.7 Å². The van der Waals surface area contributed by atoms with Gasteiger partial charge >= 0.3 is 5.97 Å². The van der Waals surface area contributed by atoms with Gasteiger partial charge in [0, 0.05) is 6.07 Å². The van der Waals surface area contributed by atoms with Crippen molar-refractivity contribution in [3.05, 3.63) is 11.2 Å². The van der Waals surface area contributed by atoms with E-state index in [0.717, 1.165) is 6.42 Å². The van der Waals surface area contributed by atoms with Crippen LogP contribution in [0.2, 0.25) is 5.15 Å². The van der Waals surface area contributed by atoms with Crippen molar-refractivity contribution < 1.29 is 19.4 Å². The predicted molar refractivity (Wildman–Crippen MR) is 70.7 cm³/mol. The molecule has 0 unspecified atom stereocenters. The molecule has 1 amide bonds. The highest BCUT2D eigenvalue weighted by Gasteiger charge is 2.38. The van der Waals surface area contributed by atoms with Gasteiger partial charge in [0.25, 0.3) is 0 Å². The van der Waals surface area contributed by atoms with E-state index in [1.165, 1.54) is 13.2 Å². The lowest BCUT2D eigenvalue weighted by atomic mass is 9.95. The summed E-state index contributed by atoms with van der Waals surface area (Å²) in [5.74, 6) is -2.35. The third-order valence-electron chi connectivity index (χ3n) is 3.29. The van der Waals surface area contributed by atoms with Crippen LogP contribution in [0.4, 0.5) is 5.95 Å². The summed E-state index contributed by atoms with van der Waals surface area (Å²) in [5, 5.41) is 11.7. The maximum absolute atomic E-state index is 12.1. The molecule has 0 radical (unpaired) electrons. The van der Waals surface area contributed by atoms with E-state index in [2.05, 4.69) is 15.3 Å². The van der Waals surface area contributed by atoms with Gasteiger partial charge < -0.3 is 9.84 Å². The molecule has 0 spiro atoms. The minimum absolute atomic E-state index is 0.00962. The molecule has 0 bridgehead atoms. The summed E-state index contributed by atoms with van der Waals surface area (Å²) in [4.78, 5) is 31.0. The molecule has 1 aliphatic carbocycles. The Balaban J connectivity index is 2.11. The third kappa shape index (κ3) is 3.16. The van der Waals surface area contributed by atoms with Crippen LogP contribution in [0.15, 0.2) is 6.07 Å². The lowest BCUT2D eigenvalue weighted by molar-refractivity contribution is -0.145. The predicted octanol–water partition coefficient (Wildman–Crippen LogP) is 1.58. The SMILES string of the molecule is COc1cc(Cl)nc(NC(=O)[C@@H]2CCC[C@@H]2C(=O)O)n1. The Labute approximate surface area is 120 Å². The molecule has 2 rings (SSSR count). The van der Waals surface area contributed by atoms with Crippen LogP contribution in [0.5, 0.6) is 5.88 Å². The maximum atomic E-state index is 12.1. The second-order valence-corrected chi connectivity index (χ2v) is 4.92. The van der Waals surface area contributed by atoms with Crippen molar-refractivity contribution in [1.29, 1.82) is 0 Å². The van der Waals surface area contributed by atoms with Crippen molar-refractivity contribution in [3.8, 4) is 5.88 Å². The number of carbonyl (C=O) groups is 2. The summed E-state index contributed by atoms with van der Waals surface area (Å²) >= 11 is 5.77. The third-order valence-corrected chi connectivity index (χ3v) is 3.48. The molecule has 20 heavy (non-hydrogen) atoms. The number of halogens is 1. The van der Waals surface area contributed by atoms with Gasteiger partial charge in [-0.1, -0.05) is 18.0 Å². The van der Waals surface area contributed by atoms with Gasteiger partial charge in [-0.2, -0.15) is 4.98 Å². The van der Waals surface area contributed by atoms with Crippen molar-refractivity contribution in [1.82, 2.24) is 9.97 Å². The lowest BCUT2D eigenvalue weighted by Gasteiger charge is -2.14. The van der Waals surface area contributed by atoms with Gasteiger partial charge in [0.1, 0.15) is 5.15 Å². The largest absolute Gasteiger partial charge is 0.481 e. The van der Waals surface area contributed by atoms with Crippen molar-refractivity contribution in [2.24, 2.45) is 11.8 Å². The zero-order chi connectivity index (χ0) is 14.7. The minimum Gasteiger partial charge on any atom is -0.481 e. The number of hydrogen-bond acceptors (Lipinski definition) is 5. The van der Waals surface area contributed by atoms with Gasteiger partial charge in [-0.25, -0.2) is 4.98 Å². The van der Waals surface area contributed by atoms with E-state index in [-0.39, 0.29) is 17.0 Å². The number of carbonyl (C=O) groups excluding carboxylic acids is 1. The molecule has 1 aromatic heterocycles. The highest BCUT2D eigenvalue weighted by atomic mass is 35.5. The van der Waals surface area contributed by atoms with Crippen LogP contribution in [0.3, 0.4) is 0 Å². The van der Waals surface area contributed by atoms with Crippen molar-refractivity contribution in [2.75, 3.05) is 12.4 Å². The molecule has 8 heteroatoms. The van der Waals surface area contributed by atoms with Crippen LogP contribution >= 0.6 is 11.6 Å². The Morgan fingerprint density at radius 2 is 2.10 bits per heavy atom. The smallest absolute Gasteiger partial charge is 0.307 e. The number of nitrogens with one attached hydrogen (secondary N) is 1. The van der Waals surface area contributed by atoms with Crippen LogP contribution in [0.25, 0.3) is 0 Å². The molecule has 2 atom stereocenters. The number of carboxylic acids is 1. The van der Waals surface area contributed by atoms with E-state index in [1.807, 2.05) is 0 Å². The second-order valence-electron chi connectivity index (χ2n) is 4.53. The summed E-state index contributed by atoms with van der Waals surface area (Å²) in [5.41, 5.74) is 0. The average molecular weight is 300 g/mol. The first-order valence-corrected chi connectivity index (χ1v) is 6.51. The van der Waals surface area contributed by atoms with Gasteiger partial charge in [-0.05, 0) is 12.8 Å². The highest BCUT2D eigenvalue weighted by molar-refractivity contribution is 6.29. The molecule has 1 aromatic rings. The van der Waals surface area contributed by atoms with Gasteiger partial charge in [0.05, 0.1) is 18.9 Å². The number of anilines is 1. The Kier molecular flexibility index (Phi) is 4.39. The van der Waals surface area contributed by atoms with E-state index in [1.54, 1.807) is 0 Å². The van der Waals surface area contributed by atoms with Gasteiger partial charge in [-0.15, -0.1) is 0 Å². The van der Waals surface area contributed by atoms with Crippen molar-refractivity contribution in [3.63, 3.8) is 0 Å². The Hall–Kier alpha value is -1.89. The number of carboxylic acid groups (broad SMARTS) is 1. The van der Waals surface area contributed by atoms with Crippen LogP contribution in [-0.2, 0) is 9.59 Å². The lowest BCUT2D eigenvalue weighted by Crippen LogP contribution is -2.30. The van der Waals surface area contributed by atoms with Crippen LogP contribution < -0.4 is 10.1 Å². The highest BCUT2D eigenvalue weighted by Crippen LogP contribution is 2.32. The fourth-order valence-electron chi connectivity index (χ4n) is 2.33. The first-order valence-electron chi connectivity index (χ1n) is 6.13. The first-order chi connectivity index (χ1) is 9.51. The summed E-state index contributed by atoms with van der Waals surface area (Å²) in [6, 6.07) is 1.41. The van der Waals surface area contributed by atoms with Crippen molar-refractivity contribution in [2.45, 2.75) is 19.3 Å². The Bertz CT molecular complexity index is 537. The van der Waals surface area contributed by atoms with E-state index in [0.29, 0.717) is 12.8 Å². The fraction of sp³-hybridized carbons (Fsp3) is 0.500. The van der Waals surface area contributed by atoms with Crippen LogP contribution in [0.1, 0.15) is 19.3 Å². The molecular weight excluding hydrogens is 286 g/mol. The summed E-state index contributed by atoms with van der Waals surface area (Å²) < 4.78 is 4.92. The zero-order valence-electron chi connectivity index (χ0n) is 10.8. The molecule has 1 fully saturated rings. The van der Waals surface area contributed by atoms with Crippen LogP contribution in [0, 0.1) is 11.8 Å². The normalized spacial score (nSPS) is 21.5. The van der Waals surface area contributed by atoms with E-state index >= 15 is 0 Å². The molecule has 1 aliphatic rings. The number of aliphatic carboxylic acids is 1. The van der Waals surface area contributed by atoms with Gasteiger partial charge in [0.15, 0.2) is 0 Å². The average Bonchev–Trinajstić information content (AvgIpc) is 2.87. The summed E-state index contributed by atoms with van der Waals surface area (Å²) in [6.45, 7) is 0. The molecule has 0 aromatic carbocycles. The quantitative estimate of drug-likeness (QED) is 0.818. The number of rotatable bonds is 4. The zero-order valence-corrected chi connectivity index (χ0v) is 11.6. The molecule has 1 heterocycles. The molecular formula is C12H14ClN3O4. The monoisotopic (exact) mass is 299 g/mol. The Morgan fingerprint density at radius 3 is 2.75 bits per heavy atom.